The van der Waals surface area contributed by atoms with E-state index >= 15 is 0 Å². The number of β-amino-alcohol motifs (C(OH)–C–C–N with tert-alkyl or cyclic N) is 1. The molecule has 2 N–H and O–H groups in total. The van der Waals surface area contributed by atoms with Crippen molar-refractivity contribution in [3.8, 4) is 0 Å². The molecule has 1 aliphatic heterocycles. The third-order valence-electron chi connectivity index (χ3n) is 4.40. The molecule has 1 fully saturated rings. The lowest BCUT2D eigenvalue weighted by Gasteiger charge is -2.21. The first-order valence-corrected chi connectivity index (χ1v) is 8.69. The Morgan fingerprint density at radius 3 is 2.73 bits per heavy atom. The van der Waals surface area contributed by atoms with E-state index in [0.29, 0.717) is 25.1 Å². The molecule has 0 spiro atoms. The Bertz CT molecular complexity index is 595. The third-order valence-corrected chi connectivity index (χ3v) is 4.40. The Balaban J connectivity index is 0.00000338. The molecule has 0 amide bonds. The van der Waals surface area contributed by atoms with Gasteiger partial charge in [0, 0.05) is 26.2 Å². The molecule has 1 unspecified atom stereocenters. The summed E-state index contributed by atoms with van der Waals surface area (Å²) < 4.78 is 38.5. The van der Waals surface area contributed by atoms with Gasteiger partial charge in [-0.1, -0.05) is 25.1 Å². The Hall–Kier alpha value is -1.03. The van der Waals surface area contributed by atoms with E-state index < -0.39 is 11.7 Å². The minimum Gasteiger partial charge on any atom is -0.391 e. The number of rotatable bonds is 5. The molecule has 0 saturated carbocycles. The van der Waals surface area contributed by atoms with Crippen LogP contribution in [-0.4, -0.2) is 48.2 Å². The van der Waals surface area contributed by atoms with Crippen LogP contribution >= 0.6 is 24.0 Å². The van der Waals surface area contributed by atoms with E-state index in [1.165, 1.54) is 12.1 Å². The van der Waals surface area contributed by atoms with E-state index in [9.17, 15) is 18.3 Å². The maximum absolute atomic E-state index is 12.8. The van der Waals surface area contributed by atoms with Crippen LogP contribution in [0.1, 0.15) is 43.7 Å². The highest BCUT2D eigenvalue weighted by atomic mass is 127. The second kappa shape index (κ2) is 10.3. The zero-order valence-corrected chi connectivity index (χ0v) is 17.4. The molecular weight excluding hydrogens is 458 g/mol. The second-order valence-electron chi connectivity index (χ2n) is 6.44. The number of halogens is 4. The van der Waals surface area contributed by atoms with Gasteiger partial charge in [0.05, 0.1) is 11.7 Å². The van der Waals surface area contributed by atoms with Gasteiger partial charge in [-0.15, -0.1) is 24.0 Å². The number of guanidine groups is 1. The first kappa shape index (κ1) is 23.0. The molecule has 2 atom stereocenters. The van der Waals surface area contributed by atoms with Crippen molar-refractivity contribution in [1.29, 1.82) is 0 Å². The van der Waals surface area contributed by atoms with Gasteiger partial charge in [0.1, 0.15) is 0 Å². The normalized spacial score (nSPS) is 19.2. The molecule has 1 aromatic carbocycles. The molecule has 2 rings (SSSR count). The number of hydrogen-bond acceptors (Lipinski definition) is 2. The lowest BCUT2D eigenvalue weighted by atomic mass is 9.96. The van der Waals surface area contributed by atoms with E-state index in [1.54, 1.807) is 6.07 Å². The maximum atomic E-state index is 12.8. The topological polar surface area (TPSA) is 47.9 Å². The number of hydrogen-bond donors (Lipinski definition) is 2. The lowest BCUT2D eigenvalue weighted by Crippen LogP contribution is -2.40. The van der Waals surface area contributed by atoms with E-state index in [2.05, 4.69) is 10.3 Å². The summed E-state index contributed by atoms with van der Waals surface area (Å²) in [5.41, 5.74) is 0.0614. The number of alkyl halides is 3. The molecule has 4 nitrogen and oxygen atoms in total. The molecule has 8 heteroatoms. The Labute approximate surface area is 169 Å². The zero-order valence-electron chi connectivity index (χ0n) is 15.1. The van der Waals surface area contributed by atoms with Crippen LogP contribution in [0.4, 0.5) is 13.2 Å². The van der Waals surface area contributed by atoms with Gasteiger partial charge in [-0.3, -0.25) is 4.99 Å². The minimum atomic E-state index is -4.32. The number of likely N-dealkylation sites (tertiary alicyclic amines) is 1. The van der Waals surface area contributed by atoms with Crippen molar-refractivity contribution in [2.24, 2.45) is 4.99 Å². The van der Waals surface area contributed by atoms with Gasteiger partial charge in [0.15, 0.2) is 5.96 Å². The van der Waals surface area contributed by atoms with Gasteiger partial charge in [0.2, 0.25) is 0 Å². The van der Waals surface area contributed by atoms with Crippen LogP contribution in [-0.2, 0) is 6.18 Å². The highest BCUT2D eigenvalue weighted by Gasteiger charge is 2.30. The second-order valence-corrected chi connectivity index (χ2v) is 6.44. The first-order valence-electron chi connectivity index (χ1n) is 8.69. The summed E-state index contributed by atoms with van der Waals surface area (Å²) in [4.78, 5) is 6.58. The molecule has 1 aromatic rings. The standard InChI is InChI=1S/C18H26F3N3O.HI/c1-3-22-17(24-10-8-16(25)12-24)23-9-7-13(2)14-5-4-6-15(11-14)18(19,20)21;/h4-6,11,13,16,25H,3,7-10,12H2,1-2H3,(H,22,23);1H/t13?,16-;/m1./s1. The highest BCUT2D eigenvalue weighted by Crippen LogP contribution is 2.31. The molecular formula is C18H27F3IN3O. The van der Waals surface area contributed by atoms with Crippen LogP contribution in [0.15, 0.2) is 29.3 Å². The molecule has 148 valence electrons. The van der Waals surface area contributed by atoms with Crippen LogP contribution in [0, 0.1) is 0 Å². The van der Waals surface area contributed by atoms with Crippen molar-refractivity contribution in [3.05, 3.63) is 35.4 Å². The maximum Gasteiger partial charge on any atom is 0.416 e. The van der Waals surface area contributed by atoms with Gasteiger partial charge in [0.25, 0.3) is 0 Å². The van der Waals surface area contributed by atoms with Gasteiger partial charge in [-0.2, -0.15) is 13.2 Å². The first-order chi connectivity index (χ1) is 11.8. The summed E-state index contributed by atoms with van der Waals surface area (Å²) in [7, 11) is 0. The van der Waals surface area contributed by atoms with Crippen LogP contribution in [0.3, 0.4) is 0 Å². The number of benzene rings is 1. The van der Waals surface area contributed by atoms with Crippen molar-refractivity contribution < 1.29 is 18.3 Å². The third kappa shape index (κ3) is 6.61. The molecule has 0 radical (unpaired) electrons. The summed E-state index contributed by atoms with van der Waals surface area (Å²) in [6.45, 7) is 6.47. The van der Waals surface area contributed by atoms with E-state index in [-0.39, 0.29) is 36.0 Å². The van der Waals surface area contributed by atoms with Crippen LogP contribution in [0.2, 0.25) is 0 Å². The largest absolute Gasteiger partial charge is 0.416 e. The number of nitrogens with zero attached hydrogens (tertiary/aromatic N) is 2. The van der Waals surface area contributed by atoms with Gasteiger partial charge in [-0.25, -0.2) is 0 Å². The summed E-state index contributed by atoms with van der Waals surface area (Å²) in [5.74, 6) is 0.744. The highest BCUT2D eigenvalue weighted by molar-refractivity contribution is 14.0. The Morgan fingerprint density at radius 1 is 1.42 bits per heavy atom. The summed E-state index contributed by atoms with van der Waals surface area (Å²) in [5, 5.41) is 12.9. The quantitative estimate of drug-likeness (QED) is 0.379. The van der Waals surface area contributed by atoms with Gasteiger partial charge in [-0.05, 0) is 37.3 Å². The average molecular weight is 485 g/mol. The average Bonchev–Trinajstić information content (AvgIpc) is 2.99. The number of aliphatic hydroxyl groups is 1. The fraction of sp³-hybridized carbons (Fsp3) is 0.611. The van der Waals surface area contributed by atoms with Crippen LogP contribution in [0.5, 0.6) is 0 Å². The zero-order chi connectivity index (χ0) is 18.4. The Kier molecular flexibility index (Phi) is 9.15. The molecule has 1 heterocycles. The van der Waals surface area contributed by atoms with Gasteiger partial charge >= 0.3 is 6.18 Å². The summed E-state index contributed by atoms with van der Waals surface area (Å²) in [6.07, 6.45) is -3.26. The number of aliphatic imine (C=N–C) groups is 1. The molecule has 1 aliphatic rings. The van der Waals surface area contributed by atoms with E-state index in [4.69, 9.17) is 0 Å². The van der Waals surface area contributed by atoms with Crippen LogP contribution in [0.25, 0.3) is 0 Å². The van der Waals surface area contributed by atoms with Crippen molar-refractivity contribution in [1.82, 2.24) is 10.2 Å². The minimum absolute atomic E-state index is 0. The summed E-state index contributed by atoms with van der Waals surface area (Å²) >= 11 is 0. The Morgan fingerprint density at radius 2 is 2.15 bits per heavy atom. The SMILES string of the molecule is CCNC(=NCCC(C)c1cccc(C(F)(F)F)c1)N1CC[C@@H](O)C1.I. The van der Waals surface area contributed by atoms with Crippen molar-refractivity contribution in [3.63, 3.8) is 0 Å². The van der Waals surface area contributed by atoms with Gasteiger partial charge < -0.3 is 15.3 Å². The summed E-state index contributed by atoms with van der Waals surface area (Å²) in [6, 6.07) is 5.49. The molecule has 0 aromatic heterocycles. The fourth-order valence-electron chi connectivity index (χ4n) is 2.91. The monoisotopic (exact) mass is 485 g/mol. The smallest absolute Gasteiger partial charge is 0.391 e. The molecule has 0 aliphatic carbocycles. The number of aliphatic hydroxyl groups excluding tert-OH is 1. The molecule has 0 bridgehead atoms. The predicted octanol–water partition coefficient (Wildman–Crippen LogP) is 3.85. The number of nitrogens with one attached hydrogen (secondary N) is 1. The molecule has 1 saturated heterocycles. The van der Waals surface area contributed by atoms with Crippen molar-refractivity contribution >= 4 is 29.9 Å². The van der Waals surface area contributed by atoms with E-state index in [1.807, 2.05) is 18.7 Å². The molecule has 26 heavy (non-hydrogen) atoms. The van der Waals surface area contributed by atoms with E-state index in [0.717, 1.165) is 31.5 Å². The van der Waals surface area contributed by atoms with Crippen molar-refractivity contribution in [2.45, 2.75) is 44.9 Å². The lowest BCUT2D eigenvalue weighted by molar-refractivity contribution is -0.137. The fourth-order valence-corrected chi connectivity index (χ4v) is 2.91. The predicted molar refractivity (Wildman–Crippen MR) is 108 cm³/mol. The van der Waals surface area contributed by atoms with Crippen LogP contribution < -0.4 is 5.32 Å². The van der Waals surface area contributed by atoms with Crippen molar-refractivity contribution in [2.75, 3.05) is 26.2 Å².